The van der Waals surface area contributed by atoms with E-state index in [0.717, 1.165) is 19.6 Å². The van der Waals surface area contributed by atoms with E-state index in [9.17, 15) is 4.79 Å². The predicted molar refractivity (Wildman–Crippen MR) is 46.8 cm³/mol. The van der Waals surface area contributed by atoms with E-state index in [-0.39, 0.29) is 5.91 Å². The number of carbonyl (C=O) groups excluding carboxylic acids is 1. The fraction of sp³-hybridized carbons (Fsp3) is 0.889. The lowest BCUT2D eigenvalue weighted by atomic mass is 10.0. The zero-order valence-corrected chi connectivity index (χ0v) is 7.80. The van der Waals surface area contributed by atoms with Gasteiger partial charge in [-0.2, -0.15) is 0 Å². The molecule has 0 aromatic carbocycles. The monoisotopic (exact) mass is 171 g/mol. The van der Waals surface area contributed by atoms with Gasteiger partial charge in [-0.1, -0.05) is 6.92 Å². The molecule has 0 radical (unpaired) electrons. The second-order valence-corrected chi connectivity index (χ2v) is 3.48. The van der Waals surface area contributed by atoms with E-state index in [1.807, 2.05) is 6.92 Å². The predicted octanol–water partition coefficient (Wildman–Crippen LogP) is 0.938. The Morgan fingerprint density at radius 2 is 2.33 bits per heavy atom. The highest BCUT2D eigenvalue weighted by Gasteiger charge is 2.21. The maximum atomic E-state index is 11.2. The average molecular weight is 171 g/mol. The van der Waals surface area contributed by atoms with Gasteiger partial charge in [0.25, 0.3) is 0 Å². The lowest BCUT2D eigenvalue weighted by Crippen LogP contribution is -2.37. The highest BCUT2D eigenvalue weighted by atomic mass is 16.5. The molecule has 1 rings (SSSR count). The molecule has 1 aliphatic heterocycles. The second kappa shape index (κ2) is 4.45. The second-order valence-electron chi connectivity index (χ2n) is 3.48. The number of rotatable bonds is 4. The van der Waals surface area contributed by atoms with Gasteiger partial charge >= 0.3 is 0 Å². The van der Waals surface area contributed by atoms with Crippen LogP contribution < -0.4 is 5.32 Å². The first kappa shape index (κ1) is 9.52. The number of hydrogen-bond donors (Lipinski definition) is 1. The van der Waals surface area contributed by atoms with Crippen molar-refractivity contribution in [2.24, 2.45) is 5.92 Å². The Balaban J connectivity index is 2.10. The molecule has 3 heteroatoms. The molecule has 1 heterocycles. The number of ether oxygens (including phenoxy) is 1. The zero-order valence-electron chi connectivity index (χ0n) is 7.80. The number of hydrogen-bond acceptors (Lipinski definition) is 2. The maximum absolute atomic E-state index is 11.2. The minimum atomic E-state index is 0.164. The molecule has 12 heavy (non-hydrogen) atoms. The molecule has 0 bridgehead atoms. The van der Waals surface area contributed by atoms with Crippen molar-refractivity contribution in [3.8, 4) is 0 Å². The van der Waals surface area contributed by atoms with Crippen LogP contribution in [0.5, 0.6) is 0 Å². The van der Waals surface area contributed by atoms with Gasteiger partial charge in [-0.25, -0.2) is 0 Å². The van der Waals surface area contributed by atoms with Gasteiger partial charge in [0, 0.05) is 18.4 Å². The van der Waals surface area contributed by atoms with Crippen LogP contribution in [0, 0.1) is 5.92 Å². The molecule has 1 N–H and O–H groups in total. The van der Waals surface area contributed by atoms with Crippen LogP contribution in [0.2, 0.25) is 0 Å². The van der Waals surface area contributed by atoms with E-state index in [0.29, 0.717) is 18.4 Å². The average Bonchev–Trinajstić information content (AvgIpc) is 1.97. The van der Waals surface area contributed by atoms with Gasteiger partial charge < -0.3 is 10.1 Å². The summed E-state index contributed by atoms with van der Waals surface area (Å²) in [5.74, 6) is 0.631. The van der Waals surface area contributed by atoms with Crippen LogP contribution in [0.1, 0.15) is 26.7 Å². The molecule has 1 fully saturated rings. The third-order valence-corrected chi connectivity index (χ3v) is 2.20. The molecule has 0 aromatic heterocycles. The van der Waals surface area contributed by atoms with Crippen LogP contribution in [-0.4, -0.2) is 25.2 Å². The molecule has 0 aromatic rings. The fourth-order valence-electron chi connectivity index (χ4n) is 1.10. The summed E-state index contributed by atoms with van der Waals surface area (Å²) < 4.78 is 4.99. The maximum Gasteiger partial charge on any atom is 0.220 e. The third kappa shape index (κ3) is 2.81. The van der Waals surface area contributed by atoms with Crippen LogP contribution >= 0.6 is 0 Å². The quantitative estimate of drug-likeness (QED) is 0.683. The molecule has 0 aliphatic carbocycles. The highest BCUT2D eigenvalue weighted by molar-refractivity contribution is 5.76. The van der Waals surface area contributed by atoms with E-state index in [1.165, 1.54) is 0 Å². The normalized spacial score (nSPS) is 19.8. The van der Waals surface area contributed by atoms with Gasteiger partial charge in [0.2, 0.25) is 5.91 Å². The highest BCUT2D eigenvalue weighted by Crippen LogP contribution is 2.13. The van der Waals surface area contributed by atoms with Crippen LogP contribution in [0.3, 0.4) is 0 Å². The lowest BCUT2D eigenvalue weighted by Gasteiger charge is -2.25. The van der Waals surface area contributed by atoms with Crippen molar-refractivity contribution in [3.63, 3.8) is 0 Å². The van der Waals surface area contributed by atoms with Crippen LogP contribution in [0.4, 0.5) is 0 Å². The smallest absolute Gasteiger partial charge is 0.220 e. The van der Waals surface area contributed by atoms with Gasteiger partial charge in [-0.3, -0.25) is 4.79 Å². The van der Waals surface area contributed by atoms with Crippen molar-refractivity contribution in [2.75, 3.05) is 13.2 Å². The minimum absolute atomic E-state index is 0.164. The molecule has 1 amide bonds. The zero-order chi connectivity index (χ0) is 8.97. The van der Waals surface area contributed by atoms with Crippen molar-refractivity contribution >= 4 is 5.91 Å². The molecule has 70 valence electrons. The van der Waals surface area contributed by atoms with Gasteiger partial charge in [0.15, 0.2) is 0 Å². The SMILES string of the molecule is CCC(C)NC(=O)CC1COC1. The van der Waals surface area contributed by atoms with Gasteiger partial charge in [-0.15, -0.1) is 0 Å². The summed E-state index contributed by atoms with van der Waals surface area (Å²) in [6, 6.07) is 0.304. The van der Waals surface area contributed by atoms with Crippen molar-refractivity contribution in [3.05, 3.63) is 0 Å². The Morgan fingerprint density at radius 1 is 1.67 bits per heavy atom. The first-order valence-corrected chi connectivity index (χ1v) is 4.59. The third-order valence-electron chi connectivity index (χ3n) is 2.20. The van der Waals surface area contributed by atoms with Gasteiger partial charge in [-0.05, 0) is 13.3 Å². The van der Waals surface area contributed by atoms with E-state index in [2.05, 4.69) is 12.2 Å². The molecule has 3 nitrogen and oxygen atoms in total. The Labute approximate surface area is 73.5 Å². The van der Waals surface area contributed by atoms with Crippen molar-refractivity contribution < 1.29 is 9.53 Å². The van der Waals surface area contributed by atoms with Gasteiger partial charge in [0.05, 0.1) is 13.2 Å². The summed E-state index contributed by atoms with van der Waals surface area (Å²) in [5, 5.41) is 2.93. The number of amides is 1. The minimum Gasteiger partial charge on any atom is -0.381 e. The molecule has 0 spiro atoms. The lowest BCUT2D eigenvalue weighted by molar-refractivity contribution is -0.127. The molecule has 1 unspecified atom stereocenters. The molecule has 1 aliphatic rings. The standard InChI is InChI=1S/C9H17NO2/c1-3-7(2)10-9(11)4-8-5-12-6-8/h7-8H,3-6H2,1-2H3,(H,10,11). The van der Waals surface area contributed by atoms with E-state index in [1.54, 1.807) is 0 Å². The van der Waals surface area contributed by atoms with Crippen LogP contribution in [0.15, 0.2) is 0 Å². The Bertz CT molecular complexity index is 146. The van der Waals surface area contributed by atoms with Gasteiger partial charge in [0.1, 0.15) is 0 Å². The molecule has 0 saturated carbocycles. The Morgan fingerprint density at radius 3 is 2.75 bits per heavy atom. The largest absolute Gasteiger partial charge is 0.381 e. The summed E-state index contributed by atoms with van der Waals surface area (Å²) in [4.78, 5) is 11.2. The Hall–Kier alpha value is -0.570. The molecular formula is C9H17NO2. The number of nitrogens with one attached hydrogen (secondary N) is 1. The van der Waals surface area contributed by atoms with Crippen LogP contribution in [0.25, 0.3) is 0 Å². The van der Waals surface area contributed by atoms with Crippen LogP contribution in [-0.2, 0) is 9.53 Å². The molecule has 1 saturated heterocycles. The van der Waals surface area contributed by atoms with Crippen molar-refractivity contribution in [1.82, 2.24) is 5.32 Å². The summed E-state index contributed by atoms with van der Waals surface area (Å²) in [7, 11) is 0. The topological polar surface area (TPSA) is 38.3 Å². The van der Waals surface area contributed by atoms with E-state index >= 15 is 0 Å². The fourth-order valence-corrected chi connectivity index (χ4v) is 1.10. The van der Waals surface area contributed by atoms with E-state index < -0.39 is 0 Å². The summed E-state index contributed by atoms with van der Waals surface area (Å²) in [5.41, 5.74) is 0. The Kier molecular flexibility index (Phi) is 3.53. The number of carbonyl (C=O) groups is 1. The van der Waals surface area contributed by atoms with E-state index in [4.69, 9.17) is 4.74 Å². The van der Waals surface area contributed by atoms with Crippen molar-refractivity contribution in [2.45, 2.75) is 32.7 Å². The molecular weight excluding hydrogens is 154 g/mol. The summed E-state index contributed by atoms with van der Waals surface area (Å²) >= 11 is 0. The summed E-state index contributed by atoms with van der Waals surface area (Å²) in [6.07, 6.45) is 1.62. The van der Waals surface area contributed by atoms with Crippen molar-refractivity contribution in [1.29, 1.82) is 0 Å². The first-order valence-electron chi connectivity index (χ1n) is 4.59. The molecule has 1 atom stereocenters. The first-order chi connectivity index (χ1) is 5.72. The summed E-state index contributed by atoms with van der Waals surface area (Å²) in [6.45, 7) is 5.61.